The molecule has 1 saturated heterocycles. The zero-order valence-corrected chi connectivity index (χ0v) is 13.5. The van der Waals surface area contributed by atoms with E-state index in [-0.39, 0.29) is 0 Å². The Labute approximate surface area is 129 Å². The average molecular weight is 291 g/mol. The van der Waals surface area contributed by atoms with Crippen molar-refractivity contribution in [3.8, 4) is 11.5 Å². The average Bonchev–Trinajstić information content (AvgIpc) is 2.51. The molecule has 1 aliphatic heterocycles. The predicted octanol–water partition coefficient (Wildman–Crippen LogP) is 4.12. The van der Waals surface area contributed by atoms with Crippen LogP contribution in [-0.4, -0.2) is 37.7 Å². The lowest BCUT2D eigenvalue weighted by molar-refractivity contribution is 0.153. The van der Waals surface area contributed by atoms with Crippen molar-refractivity contribution in [2.24, 2.45) is 0 Å². The molecule has 0 aliphatic carbocycles. The van der Waals surface area contributed by atoms with E-state index in [1.807, 2.05) is 24.3 Å². The lowest BCUT2D eigenvalue weighted by Crippen LogP contribution is -2.37. The summed E-state index contributed by atoms with van der Waals surface area (Å²) in [5, 5.41) is 0. The van der Waals surface area contributed by atoms with Gasteiger partial charge in [0, 0.05) is 6.04 Å². The molecule has 0 amide bonds. The fraction of sp³-hybridized carbons (Fsp3) is 0.667. The first-order chi connectivity index (χ1) is 10.3. The van der Waals surface area contributed by atoms with E-state index in [0.29, 0.717) is 6.04 Å². The van der Waals surface area contributed by atoms with Crippen molar-refractivity contribution in [3.05, 3.63) is 24.3 Å². The van der Waals surface area contributed by atoms with Crippen LogP contribution in [-0.2, 0) is 0 Å². The van der Waals surface area contributed by atoms with Crippen molar-refractivity contribution in [2.75, 3.05) is 26.8 Å². The molecule has 0 radical (unpaired) electrons. The second kappa shape index (κ2) is 8.93. The van der Waals surface area contributed by atoms with Crippen molar-refractivity contribution in [3.63, 3.8) is 0 Å². The Hall–Kier alpha value is -1.22. The summed E-state index contributed by atoms with van der Waals surface area (Å²) in [7, 11) is 2.23. The number of rotatable bonds is 8. The zero-order valence-electron chi connectivity index (χ0n) is 13.5. The van der Waals surface area contributed by atoms with Crippen LogP contribution in [0.15, 0.2) is 24.3 Å². The second-order valence-electron chi connectivity index (χ2n) is 5.94. The van der Waals surface area contributed by atoms with Gasteiger partial charge in [0.1, 0.15) is 11.5 Å². The lowest BCUT2D eigenvalue weighted by Gasteiger charge is -2.32. The van der Waals surface area contributed by atoms with Gasteiger partial charge in [0.05, 0.1) is 13.2 Å². The van der Waals surface area contributed by atoms with Gasteiger partial charge in [-0.15, -0.1) is 0 Å². The van der Waals surface area contributed by atoms with E-state index in [0.717, 1.165) is 44.0 Å². The topological polar surface area (TPSA) is 21.7 Å². The maximum atomic E-state index is 5.86. The number of benzene rings is 1. The van der Waals surface area contributed by atoms with Crippen LogP contribution < -0.4 is 9.47 Å². The Morgan fingerprint density at radius 2 is 1.71 bits per heavy atom. The molecule has 1 atom stereocenters. The fourth-order valence-electron chi connectivity index (χ4n) is 2.79. The Kier molecular flexibility index (Phi) is 6.87. The zero-order chi connectivity index (χ0) is 14.9. The molecule has 2 rings (SSSR count). The normalized spacial score (nSPS) is 19.4. The van der Waals surface area contributed by atoms with Crippen LogP contribution in [0.5, 0.6) is 11.5 Å². The number of hydrogen-bond acceptors (Lipinski definition) is 3. The maximum absolute atomic E-state index is 5.86. The molecule has 1 aliphatic rings. The summed E-state index contributed by atoms with van der Waals surface area (Å²) in [6, 6.07) is 8.70. The van der Waals surface area contributed by atoms with Crippen LogP contribution in [0.4, 0.5) is 0 Å². The number of unbranched alkanes of at least 4 members (excludes halogenated alkanes) is 1. The van der Waals surface area contributed by atoms with Gasteiger partial charge in [-0.25, -0.2) is 0 Å². The van der Waals surface area contributed by atoms with Crippen molar-refractivity contribution >= 4 is 0 Å². The number of hydrogen-bond donors (Lipinski definition) is 0. The van der Waals surface area contributed by atoms with Gasteiger partial charge >= 0.3 is 0 Å². The van der Waals surface area contributed by atoms with Crippen LogP contribution in [0.1, 0.15) is 45.4 Å². The maximum Gasteiger partial charge on any atom is 0.119 e. The van der Waals surface area contributed by atoms with Crippen molar-refractivity contribution in [1.82, 2.24) is 4.90 Å². The second-order valence-corrected chi connectivity index (χ2v) is 5.94. The fourth-order valence-corrected chi connectivity index (χ4v) is 2.79. The van der Waals surface area contributed by atoms with Crippen molar-refractivity contribution < 1.29 is 9.47 Å². The molecule has 21 heavy (non-hydrogen) atoms. The van der Waals surface area contributed by atoms with Gasteiger partial charge in [-0.05, 0) is 63.5 Å². The van der Waals surface area contributed by atoms with Crippen LogP contribution in [0.3, 0.4) is 0 Å². The highest BCUT2D eigenvalue weighted by atomic mass is 16.5. The predicted molar refractivity (Wildman–Crippen MR) is 87.2 cm³/mol. The van der Waals surface area contributed by atoms with Gasteiger partial charge in [0.25, 0.3) is 0 Å². The standard InChI is InChI=1S/C18H29NO2/c1-3-4-14-20-17-8-10-18(11-9-17)21-15-12-16-7-5-6-13-19(16)2/h8-11,16H,3-7,12-15H2,1-2H3. The molecular formula is C18H29NO2. The minimum absolute atomic E-state index is 0.690. The summed E-state index contributed by atoms with van der Waals surface area (Å²) in [4.78, 5) is 2.47. The van der Waals surface area contributed by atoms with Gasteiger partial charge in [-0.3, -0.25) is 0 Å². The van der Waals surface area contributed by atoms with Crippen LogP contribution in [0.25, 0.3) is 0 Å². The van der Waals surface area contributed by atoms with Gasteiger partial charge in [0.15, 0.2) is 0 Å². The Balaban J connectivity index is 1.68. The van der Waals surface area contributed by atoms with E-state index in [2.05, 4.69) is 18.9 Å². The lowest BCUT2D eigenvalue weighted by atomic mass is 10.0. The molecular weight excluding hydrogens is 262 g/mol. The highest BCUT2D eigenvalue weighted by Gasteiger charge is 2.18. The number of likely N-dealkylation sites (tertiary alicyclic amines) is 1. The van der Waals surface area contributed by atoms with E-state index in [4.69, 9.17) is 9.47 Å². The molecule has 1 unspecified atom stereocenters. The largest absolute Gasteiger partial charge is 0.494 e. The quantitative estimate of drug-likeness (QED) is 0.673. The molecule has 3 nitrogen and oxygen atoms in total. The third-order valence-electron chi connectivity index (χ3n) is 4.23. The van der Waals surface area contributed by atoms with Gasteiger partial charge in [-0.2, -0.15) is 0 Å². The Morgan fingerprint density at radius 3 is 2.33 bits per heavy atom. The van der Waals surface area contributed by atoms with E-state index < -0.39 is 0 Å². The van der Waals surface area contributed by atoms with Crippen LogP contribution >= 0.6 is 0 Å². The number of nitrogens with zero attached hydrogens (tertiary/aromatic N) is 1. The molecule has 1 heterocycles. The molecule has 0 spiro atoms. The van der Waals surface area contributed by atoms with Gasteiger partial charge in [0.2, 0.25) is 0 Å². The van der Waals surface area contributed by atoms with Crippen molar-refractivity contribution in [1.29, 1.82) is 0 Å². The number of piperidine rings is 1. The third kappa shape index (κ3) is 5.58. The highest BCUT2D eigenvalue weighted by molar-refractivity contribution is 5.31. The van der Waals surface area contributed by atoms with Gasteiger partial charge in [-0.1, -0.05) is 19.8 Å². The molecule has 0 N–H and O–H groups in total. The summed E-state index contributed by atoms with van der Waals surface area (Å²) in [5.74, 6) is 1.87. The summed E-state index contributed by atoms with van der Waals surface area (Å²) in [6.07, 6.45) is 7.39. The van der Waals surface area contributed by atoms with E-state index >= 15 is 0 Å². The Bertz CT molecular complexity index is 391. The Morgan fingerprint density at radius 1 is 1.05 bits per heavy atom. The molecule has 0 bridgehead atoms. The first kappa shape index (κ1) is 16.2. The monoisotopic (exact) mass is 291 g/mol. The van der Waals surface area contributed by atoms with Gasteiger partial charge < -0.3 is 14.4 Å². The SMILES string of the molecule is CCCCOc1ccc(OCCC2CCCCN2C)cc1. The van der Waals surface area contributed by atoms with E-state index in [1.165, 1.54) is 25.8 Å². The molecule has 0 saturated carbocycles. The molecule has 3 heteroatoms. The molecule has 1 fully saturated rings. The van der Waals surface area contributed by atoms with Crippen LogP contribution in [0.2, 0.25) is 0 Å². The minimum atomic E-state index is 0.690. The first-order valence-electron chi connectivity index (χ1n) is 8.35. The smallest absolute Gasteiger partial charge is 0.119 e. The van der Waals surface area contributed by atoms with Crippen LogP contribution in [0, 0.1) is 0 Å². The highest BCUT2D eigenvalue weighted by Crippen LogP contribution is 2.20. The van der Waals surface area contributed by atoms with Crippen molar-refractivity contribution in [2.45, 2.75) is 51.5 Å². The first-order valence-corrected chi connectivity index (χ1v) is 8.35. The number of ether oxygens (including phenoxy) is 2. The molecule has 1 aromatic rings. The summed E-state index contributed by atoms with van der Waals surface area (Å²) in [6.45, 7) is 4.99. The van der Waals surface area contributed by atoms with E-state index in [9.17, 15) is 0 Å². The molecule has 0 aromatic heterocycles. The molecule has 118 valence electrons. The molecule has 1 aromatic carbocycles. The minimum Gasteiger partial charge on any atom is -0.494 e. The third-order valence-corrected chi connectivity index (χ3v) is 4.23. The summed E-state index contributed by atoms with van der Waals surface area (Å²) >= 11 is 0. The van der Waals surface area contributed by atoms with E-state index in [1.54, 1.807) is 0 Å². The summed E-state index contributed by atoms with van der Waals surface area (Å²) < 4.78 is 11.5. The summed E-state index contributed by atoms with van der Waals surface area (Å²) in [5.41, 5.74) is 0.